The third-order valence-electron chi connectivity index (χ3n) is 2.64. The second-order valence-electron chi connectivity index (χ2n) is 3.81. The van der Waals surface area contributed by atoms with Crippen molar-refractivity contribution < 1.29 is 13.9 Å². The molecule has 0 amide bonds. The Balaban J connectivity index is 2.86. The van der Waals surface area contributed by atoms with Gasteiger partial charge in [-0.1, -0.05) is 25.1 Å². The zero-order chi connectivity index (χ0) is 12.1. The fourth-order valence-electron chi connectivity index (χ4n) is 1.88. The molecule has 1 rings (SSSR count). The van der Waals surface area contributed by atoms with Crippen molar-refractivity contribution >= 4 is 0 Å². The highest BCUT2D eigenvalue weighted by molar-refractivity contribution is 5.34. The van der Waals surface area contributed by atoms with Crippen LogP contribution in [0, 0.1) is 0 Å². The molecule has 0 aliphatic carbocycles. The summed E-state index contributed by atoms with van der Waals surface area (Å²) < 4.78 is 24.6. The average molecular weight is 229 g/mol. The summed E-state index contributed by atoms with van der Waals surface area (Å²) in [6, 6.07) is 6.70. The molecule has 1 unspecified atom stereocenters. The van der Waals surface area contributed by atoms with Crippen molar-refractivity contribution in [3.05, 3.63) is 29.8 Å². The van der Waals surface area contributed by atoms with Crippen molar-refractivity contribution in [3.63, 3.8) is 0 Å². The number of hydrogen-bond donors (Lipinski definition) is 1. The molecule has 0 aliphatic heterocycles. The first-order chi connectivity index (χ1) is 7.56. The molecule has 0 radical (unpaired) electrons. The van der Waals surface area contributed by atoms with Crippen LogP contribution in [-0.4, -0.2) is 30.0 Å². The second kappa shape index (κ2) is 5.80. The summed E-state index contributed by atoms with van der Waals surface area (Å²) >= 11 is 0. The molecule has 1 aromatic carbocycles. The van der Waals surface area contributed by atoms with Gasteiger partial charge in [-0.2, -0.15) is 0 Å². The minimum absolute atomic E-state index is 0.162. The van der Waals surface area contributed by atoms with Crippen molar-refractivity contribution in [2.24, 2.45) is 0 Å². The summed E-state index contributed by atoms with van der Waals surface area (Å²) in [6.07, 6.45) is -1.68. The van der Waals surface area contributed by atoms with Gasteiger partial charge in [0.1, 0.15) is 5.75 Å². The number of phenols is 1. The van der Waals surface area contributed by atoms with Crippen LogP contribution in [0.5, 0.6) is 5.75 Å². The molecule has 0 bridgehead atoms. The molecule has 4 heteroatoms. The van der Waals surface area contributed by atoms with Crippen LogP contribution in [0.1, 0.15) is 24.9 Å². The van der Waals surface area contributed by atoms with Crippen molar-refractivity contribution in [3.8, 4) is 5.75 Å². The van der Waals surface area contributed by atoms with Crippen LogP contribution in [0.25, 0.3) is 0 Å². The smallest absolute Gasteiger partial charge is 0.251 e. The van der Waals surface area contributed by atoms with Gasteiger partial charge in [0.2, 0.25) is 0 Å². The molecule has 0 aliphatic rings. The predicted octanol–water partition coefficient (Wildman–Crippen LogP) is 3.04. The Morgan fingerprint density at radius 2 is 1.94 bits per heavy atom. The van der Waals surface area contributed by atoms with Gasteiger partial charge in [-0.25, -0.2) is 8.78 Å². The maximum atomic E-state index is 12.3. The number of benzene rings is 1. The van der Waals surface area contributed by atoms with E-state index < -0.39 is 6.43 Å². The third-order valence-corrected chi connectivity index (χ3v) is 2.64. The Kier molecular flexibility index (Phi) is 4.68. The molecular weight excluding hydrogens is 212 g/mol. The Bertz CT molecular complexity index is 331. The molecule has 0 saturated heterocycles. The van der Waals surface area contributed by atoms with Crippen LogP contribution in [-0.2, 0) is 0 Å². The van der Waals surface area contributed by atoms with E-state index >= 15 is 0 Å². The number of nitrogens with zero attached hydrogens (tertiary/aromatic N) is 1. The van der Waals surface area contributed by atoms with E-state index in [4.69, 9.17) is 0 Å². The normalized spacial score (nSPS) is 13.4. The first kappa shape index (κ1) is 12.9. The van der Waals surface area contributed by atoms with Crippen LogP contribution >= 0.6 is 0 Å². The maximum absolute atomic E-state index is 12.3. The van der Waals surface area contributed by atoms with Gasteiger partial charge in [-0.15, -0.1) is 0 Å². The topological polar surface area (TPSA) is 23.5 Å². The van der Waals surface area contributed by atoms with E-state index in [1.165, 1.54) is 0 Å². The Morgan fingerprint density at radius 3 is 2.44 bits per heavy atom. The highest BCUT2D eigenvalue weighted by atomic mass is 19.3. The van der Waals surface area contributed by atoms with Crippen LogP contribution < -0.4 is 0 Å². The number of aromatic hydroxyl groups is 1. The van der Waals surface area contributed by atoms with Gasteiger partial charge in [-0.05, 0) is 19.5 Å². The third kappa shape index (κ3) is 3.17. The summed E-state index contributed by atoms with van der Waals surface area (Å²) in [4.78, 5) is 1.57. The number of para-hydroxylation sites is 1. The SMILES string of the molecule is CCC(c1ccccc1O)N(C)CC(F)F. The van der Waals surface area contributed by atoms with E-state index in [2.05, 4.69) is 0 Å². The predicted molar refractivity (Wildman–Crippen MR) is 59.8 cm³/mol. The van der Waals surface area contributed by atoms with Crippen molar-refractivity contribution in [2.75, 3.05) is 13.6 Å². The summed E-state index contributed by atoms with van der Waals surface area (Å²) in [6.45, 7) is 1.63. The van der Waals surface area contributed by atoms with Crippen molar-refractivity contribution in [1.29, 1.82) is 0 Å². The van der Waals surface area contributed by atoms with Crippen molar-refractivity contribution in [1.82, 2.24) is 4.90 Å². The van der Waals surface area contributed by atoms with Crippen LogP contribution in [0.3, 0.4) is 0 Å². The van der Waals surface area contributed by atoms with Gasteiger partial charge in [0, 0.05) is 11.6 Å². The Morgan fingerprint density at radius 1 is 1.31 bits per heavy atom. The standard InChI is InChI=1S/C12H17F2NO/c1-3-10(15(2)8-12(13)14)9-6-4-5-7-11(9)16/h4-7,10,12,16H,3,8H2,1-2H3. The summed E-state index contributed by atoms with van der Waals surface area (Å²) in [5, 5.41) is 9.68. The van der Waals surface area contributed by atoms with Gasteiger partial charge >= 0.3 is 0 Å². The second-order valence-corrected chi connectivity index (χ2v) is 3.81. The maximum Gasteiger partial charge on any atom is 0.251 e. The molecule has 16 heavy (non-hydrogen) atoms. The lowest BCUT2D eigenvalue weighted by atomic mass is 10.0. The van der Waals surface area contributed by atoms with E-state index in [9.17, 15) is 13.9 Å². The van der Waals surface area contributed by atoms with Crippen LogP contribution in [0.4, 0.5) is 8.78 Å². The molecule has 0 fully saturated rings. The number of rotatable bonds is 5. The molecule has 0 spiro atoms. The molecular formula is C12H17F2NO. The monoisotopic (exact) mass is 229 g/mol. The molecule has 0 saturated carbocycles. The zero-order valence-electron chi connectivity index (χ0n) is 9.53. The van der Waals surface area contributed by atoms with Gasteiger partial charge in [-0.3, -0.25) is 4.90 Å². The first-order valence-electron chi connectivity index (χ1n) is 5.32. The molecule has 90 valence electrons. The molecule has 2 nitrogen and oxygen atoms in total. The number of alkyl halides is 2. The first-order valence-corrected chi connectivity index (χ1v) is 5.32. The number of phenolic OH excluding ortho intramolecular Hbond substituents is 1. The zero-order valence-corrected chi connectivity index (χ0v) is 9.53. The average Bonchev–Trinajstić information content (AvgIpc) is 2.20. The fraction of sp³-hybridized carbons (Fsp3) is 0.500. The van der Waals surface area contributed by atoms with E-state index in [-0.39, 0.29) is 18.3 Å². The lowest BCUT2D eigenvalue weighted by Crippen LogP contribution is -2.29. The number of halogens is 2. The Labute approximate surface area is 94.5 Å². The summed E-state index contributed by atoms with van der Waals surface area (Å²) in [5.41, 5.74) is 0.702. The lowest BCUT2D eigenvalue weighted by Gasteiger charge is -2.27. The van der Waals surface area contributed by atoms with Crippen molar-refractivity contribution in [2.45, 2.75) is 25.8 Å². The largest absolute Gasteiger partial charge is 0.508 e. The molecule has 1 atom stereocenters. The molecule has 0 heterocycles. The van der Waals surface area contributed by atoms with E-state index in [1.807, 2.05) is 6.92 Å². The highest BCUT2D eigenvalue weighted by Gasteiger charge is 2.20. The van der Waals surface area contributed by atoms with Gasteiger partial charge in [0.15, 0.2) is 0 Å². The minimum Gasteiger partial charge on any atom is -0.508 e. The van der Waals surface area contributed by atoms with E-state index in [1.54, 1.807) is 36.2 Å². The van der Waals surface area contributed by atoms with Gasteiger partial charge in [0.05, 0.1) is 6.54 Å². The Hall–Kier alpha value is -1.16. The fourth-order valence-corrected chi connectivity index (χ4v) is 1.88. The quantitative estimate of drug-likeness (QED) is 0.838. The van der Waals surface area contributed by atoms with Crippen LogP contribution in [0.15, 0.2) is 24.3 Å². The van der Waals surface area contributed by atoms with Crippen LogP contribution in [0.2, 0.25) is 0 Å². The van der Waals surface area contributed by atoms with Gasteiger partial charge < -0.3 is 5.11 Å². The number of hydrogen-bond acceptors (Lipinski definition) is 2. The van der Waals surface area contributed by atoms with E-state index in [0.29, 0.717) is 12.0 Å². The summed E-state index contributed by atoms with van der Waals surface area (Å²) in [7, 11) is 1.65. The van der Waals surface area contributed by atoms with Gasteiger partial charge in [0.25, 0.3) is 6.43 Å². The van der Waals surface area contributed by atoms with E-state index in [0.717, 1.165) is 0 Å². The summed E-state index contributed by atoms with van der Waals surface area (Å²) in [5.74, 6) is 0.162. The molecule has 1 N–H and O–H groups in total. The highest BCUT2D eigenvalue weighted by Crippen LogP contribution is 2.30. The molecule has 1 aromatic rings. The lowest BCUT2D eigenvalue weighted by molar-refractivity contribution is 0.0789. The molecule has 0 aromatic heterocycles. The minimum atomic E-state index is -2.36.